The van der Waals surface area contributed by atoms with Gasteiger partial charge in [0.05, 0.1) is 5.41 Å². The Morgan fingerprint density at radius 1 is 1.11 bits per heavy atom. The van der Waals surface area contributed by atoms with Crippen molar-refractivity contribution in [2.75, 3.05) is 13.1 Å². The molecule has 0 saturated carbocycles. The van der Waals surface area contributed by atoms with Gasteiger partial charge in [-0.25, -0.2) is 0 Å². The van der Waals surface area contributed by atoms with Gasteiger partial charge in [0.15, 0.2) is 0 Å². The van der Waals surface area contributed by atoms with Crippen LogP contribution in [0.25, 0.3) is 0 Å². The molecule has 0 aromatic carbocycles. The summed E-state index contributed by atoms with van der Waals surface area (Å²) in [6.45, 7) is 14.1. The molecule has 0 radical (unpaired) electrons. The van der Waals surface area contributed by atoms with E-state index in [-0.39, 0.29) is 11.3 Å². The van der Waals surface area contributed by atoms with Gasteiger partial charge in [0.2, 0.25) is 5.91 Å². The average molecular weight is 256 g/mol. The van der Waals surface area contributed by atoms with Gasteiger partial charge in [0, 0.05) is 13.1 Å². The van der Waals surface area contributed by atoms with E-state index in [9.17, 15) is 4.79 Å². The second-order valence-corrected chi connectivity index (χ2v) is 6.05. The molecule has 0 aliphatic heterocycles. The van der Waals surface area contributed by atoms with E-state index in [1.807, 2.05) is 13.8 Å². The fourth-order valence-corrected chi connectivity index (χ4v) is 2.59. The van der Waals surface area contributed by atoms with Crippen LogP contribution in [0.15, 0.2) is 0 Å². The Bertz CT molecular complexity index is 229. The van der Waals surface area contributed by atoms with Crippen LogP contribution in [-0.4, -0.2) is 19.0 Å². The Morgan fingerprint density at radius 2 is 1.56 bits per heavy atom. The third kappa shape index (κ3) is 4.27. The van der Waals surface area contributed by atoms with Gasteiger partial charge in [0.1, 0.15) is 0 Å². The van der Waals surface area contributed by atoms with Crippen molar-refractivity contribution in [3.05, 3.63) is 0 Å². The van der Waals surface area contributed by atoms with Gasteiger partial charge >= 0.3 is 0 Å². The highest BCUT2D eigenvalue weighted by Gasteiger charge is 2.33. The molecule has 0 rings (SSSR count). The first-order chi connectivity index (χ1) is 8.34. The van der Waals surface area contributed by atoms with Gasteiger partial charge in [-0.1, -0.05) is 41.5 Å². The zero-order chi connectivity index (χ0) is 14.3. The summed E-state index contributed by atoms with van der Waals surface area (Å²) < 4.78 is 0. The predicted molar refractivity (Wildman–Crippen MR) is 78.2 cm³/mol. The second-order valence-electron chi connectivity index (χ2n) is 6.05. The number of carbonyl (C=O) groups is 1. The van der Waals surface area contributed by atoms with Gasteiger partial charge in [-0.15, -0.1) is 0 Å². The minimum Gasteiger partial charge on any atom is -0.355 e. The van der Waals surface area contributed by atoms with Gasteiger partial charge in [-0.2, -0.15) is 0 Å². The van der Waals surface area contributed by atoms with Crippen molar-refractivity contribution in [2.24, 2.45) is 28.9 Å². The average Bonchev–Trinajstić information content (AvgIpc) is 2.31. The first kappa shape index (κ1) is 17.4. The smallest absolute Gasteiger partial charge is 0.227 e. The number of hydrogen-bond donors (Lipinski definition) is 2. The minimum absolute atomic E-state index is 0.126. The predicted octanol–water partition coefficient (Wildman–Crippen LogP) is 2.80. The zero-order valence-electron chi connectivity index (χ0n) is 13.0. The fraction of sp³-hybridized carbons (Fsp3) is 0.933. The third-order valence-corrected chi connectivity index (χ3v) is 4.44. The normalized spacial score (nSPS) is 12.6. The Labute approximate surface area is 113 Å². The molecule has 0 aliphatic rings. The summed E-state index contributed by atoms with van der Waals surface area (Å²) in [6, 6.07) is 0. The molecule has 0 saturated heterocycles. The summed E-state index contributed by atoms with van der Waals surface area (Å²) >= 11 is 0. The highest BCUT2D eigenvalue weighted by molar-refractivity contribution is 5.82. The van der Waals surface area contributed by atoms with Crippen LogP contribution in [-0.2, 0) is 4.79 Å². The Balaban J connectivity index is 4.56. The molecule has 0 unspecified atom stereocenters. The number of hydrogen-bond acceptors (Lipinski definition) is 2. The fourth-order valence-electron chi connectivity index (χ4n) is 2.59. The number of rotatable bonds is 8. The maximum Gasteiger partial charge on any atom is 0.227 e. The first-order valence-corrected chi connectivity index (χ1v) is 7.33. The molecule has 0 bridgehead atoms. The topological polar surface area (TPSA) is 55.1 Å². The van der Waals surface area contributed by atoms with Crippen molar-refractivity contribution in [3.8, 4) is 0 Å². The molecule has 18 heavy (non-hydrogen) atoms. The van der Waals surface area contributed by atoms with Gasteiger partial charge < -0.3 is 11.1 Å². The highest BCUT2D eigenvalue weighted by Crippen LogP contribution is 2.26. The molecule has 1 amide bonds. The SMILES string of the molecule is CCC(CC)(CN)C(=O)NCC(C(C)C)C(C)C. The van der Waals surface area contributed by atoms with E-state index < -0.39 is 0 Å². The Kier molecular flexibility index (Phi) is 7.53. The van der Waals surface area contributed by atoms with Crippen LogP contribution in [0.2, 0.25) is 0 Å². The molecule has 0 aromatic rings. The van der Waals surface area contributed by atoms with Crippen LogP contribution in [0.1, 0.15) is 54.4 Å². The molecule has 108 valence electrons. The lowest BCUT2D eigenvalue weighted by Crippen LogP contribution is -2.47. The van der Waals surface area contributed by atoms with Crippen LogP contribution in [0, 0.1) is 23.2 Å². The van der Waals surface area contributed by atoms with Crippen LogP contribution in [0.4, 0.5) is 0 Å². The van der Waals surface area contributed by atoms with Crippen LogP contribution >= 0.6 is 0 Å². The number of nitrogens with one attached hydrogen (secondary N) is 1. The molecule has 0 fully saturated rings. The molecule has 0 spiro atoms. The van der Waals surface area contributed by atoms with Crippen molar-refractivity contribution in [1.29, 1.82) is 0 Å². The molecular weight excluding hydrogens is 224 g/mol. The van der Waals surface area contributed by atoms with E-state index in [0.29, 0.717) is 24.3 Å². The lowest BCUT2D eigenvalue weighted by Gasteiger charge is -2.31. The summed E-state index contributed by atoms with van der Waals surface area (Å²) in [6.07, 6.45) is 1.61. The standard InChI is InChI=1S/C15H32N2O/c1-7-15(8-2,10-16)14(18)17-9-13(11(3)4)12(5)6/h11-13H,7-10,16H2,1-6H3,(H,17,18). The lowest BCUT2D eigenvalue weighted by atomic mass is 9.80. The summed E-state index contributed by atoms with van der Waals surface area (Å²) in [7, 11) is 0. The Hall–Kier alpha value is -0.570. The van der Waals surface area contributed by atoms with Gasteiger partial charge in [0.25, 0.3) is 0 Å². The molecule has 0 aliphatic carbocycles. The molecule has 3 N–H and O–H groups in total. The minimum atomic E-state index is -0.376. The van der Waals surface area contributed by atoms with E-state index >= 15 is 0 Å². The number of amides is 1. The maximum absolute atomic E-state index is 12.3. The summed E-state index contributed by atoms with van der Waals surface area (Å²) in [5, 5.41) is 3.12. The molecule has 0 heterocycles. The van der Waals surface area contributed by atoms with E-state index in [0.717, 1.165) is 19.4 Å². The van der Waals surface area contributed by atoms with Crippen molar-refractivity contribution in [3.63, 3.8) is 0 Å². The molecule has 3 heteroatoms. The van der Waals surface area contributed by atoms with Gasteiger partial charge in [-0.3, -0.25) is 4.79 Å². The van der Waals surface area contributed by atoms with Crippen molar-refractivity contribution >= 4 is 5.91 Å². The maximum atomic E-state index is 12.3. The van der Waals surface area contributed by atoms with Crippen LogP contribution < -0.4 is 11.1 Å². The van der Waals surface area contributed by atoms with Crippen molar-refractivity contribution < 1.29 is 4.79 Å². The van der Waals surface area contributed by atoms with E-state index in [4.69, 9.17) is 5.73 Å². The van der Waals surface area contributed by atoms with E-state index in [1.165, 1.54) is 0 Å². The van der Waals surface area contributed by atoms with E-state index in [2.05, 4.69) is 33.0 Å². The quantitative estimate of drug-likeness (QED) is 0.701. The second kappa shape index (κ2) is 7.78. The van der Waals surface area contributed by atoms with Crippen molar-refractivity contribution in [2.45, 2.75) is 54.4 Å². The third-order valence-electron chi connectivity index (χ3n) is 4.44. The molecular formula is C15H32N2O. The molecule has 0 aromatic heterocycles. The van der Waals surface area contributed by atoms with E-state index in [1.54, 1.807) is 0 Å². The van der Waals surface area contributed by atoms with Crippen LogP contribution in [0.5, 0.6) is 0 Å². The summed E-state index contributed by atoms with van der Waals surface area (Å²) in [4.78, 5) is 12.3. The lowest BCUT2D eigenvalue weighted by molar-refractivity contribution is -0.131. The molecule has 3 nitrogen and oxygen atoms in total. The highest BCUT2D eigenvalue weighted by atomic mass is 16.2. The molecule has 0 atom stereocenters. The largest absolute Gasteiger partial charge is 0.355 e. The first-order valence-electron chi connectivity index (χ1n) is 7.33. The number of nitrogens with two attached hydrogens (primary N) is 1. The summed E-state index contributed by atoms with van der Waals surface area (Å²) in [5.41, 5.74) is 5.42. The number of carbonyl (C=O) groups excluding carboxylic acids is 1. The monoisotopic (exact) mass is 256 g/mol. The Morgan fingerprint density at radius 3 is 1.83 bits per heavy atom. The zero-order valence-corrected chi connectivity index (χ0v) is 13.0. The van der Waals surface area contributed by atoms with Crippen LogP contribution in [0.3, 0.4) is 0 Å². The van der Waals surface area contributed by atoms with Gasteiger partial charge in [-0.05, 0) is 30.6 Å². The summed E-state index contributed by atoms with van der Waals surface area (Å²) in [5.74, 6) is 1.82. The van der Waals surface area contributed by atoms with Crippen molar-refractivity contribution in [1.82, 2.24) is 5.32 Å².